The zero-order chi connectivity index (χ0) is 17.4. The van der Waals surface area contributed by atoms with E-state index in [9.17, 15) is 4.79 Å². The van der Waals surface area contributed by atoms with Gasteiger partial charge in [-0.15, -0.1) is 0 Å². The number of hydrazone groups is 1. The topological polar surface area (TPSA) is 59.9 Å². The Hall–Kier alpha value is -2.18. The number of carbonyl (C=O) groups is 1. The molecule has 1 amide bonds. The van der Waals surface area contributed by atoms with Gasteiger partial charge < -0.3 is 9.47 Å². The third-order valence-corrected chi connectivity index (χ3v) is 3.72. The van der Waals surface area contributed by atoms with Crippen LogP contribution < -0.4 is 10.2 Å². The molecule has 0 aliphatic rings. The lowest BCUT2D eigenvalue weighted by atomic mass is 10.1. The zero-order valence-electron chi connectivity index (χ0n) is 13.5. The minimum atomic E-state index is -0.711. The van der Waals surface area contributed by atoms with Gasteiger partial charge in [-0.25, -0.2) is 5.43 Å². The van der Waals surface area contributed by atoms with E-state index in [4.69, 9.17) is 9.47 Å². The monoisotopic (exact) mass is 390 g/mol. The van der Waals surface area contributed by atoms with E-state index in [0.29, 0.717) is 12.4 Å². The van der Waals surface area contributed by atoms with E-state index in [2.05, 4.69) is 26.5 Å². The van der Waals surface area contributed by atoms with Crippen molar-refractivity contribution in [2.45, 2.75) is 13.0 Å². The van der Waals surface area contributed by atoms with Gasteiger partial charge >= 0.3 is 0 Å². The fourth-order valence-corrected chi connectivity index (χ4v) is 2.53. The number of benzene rings is 2. The van der Waals surface area contributed by atoms with Crippen LogP contribution in [0.1, 0.15) is 24.2 Å². The van der Waals surface area contributed by atoms with Crippen molar-refractivity contribution < 1.29 is 14.3 Å². The molecule has 0 aliphatic heterocycles. The molecule has 2 aromatic rings. The van der Waals surface area contributed by atoms with Gasteiger partial charge in [0, 0.05) is 17.1 Å². The number of nitrogens with zero attached hydrogens (tertiary/aromatic N) is 1. The van der Waals surface area contributed by atoms with Crippen LogP contribution in [0.3, 0.4) is 0 Å². The van der Waals surface area contributed by atoms with Gasteiger partial charge in [-0.05, 0) is 30.7 Å². The Labute approximate surface area is 149 Å². The van der Waals surface area contributed by atoms with Crippen molar-refractivity contribution in [1.82, 2.24) is 5.43 Å². The maximum absolute atomic E-state index is 12.3. The summed E-state index contributed by atoms with van der Waals surface area (Å²) in [5, 5.41) is 4.01. The highest BCUT2D eigenvalue weighted by molar-refractivity contribution is 9.10. The van der Waals surface area contributed by atoms with E-state index < -0.39 is 6.10 Å². The minimum Gasteiger partial charge on any atom is -0.493 e. The van der Waals surface area contributed by atoms with Crippen LogP contribution in [0.25, 0.3) is 0 Å². The lowest BCUT2D eigenvalue weighted by molar-refractivity contribution is -0.131. The predicted octanol–water partition coefficient (Wildman–Crippen LogP) is 3.69. The predicted molar refractivity (Wildman–Crippen MR) is 97.2 cm³/mol. The third kappa shape index (κ3) is 4.91. The summed E-state index contributed by atoms with van der Waals surface area (Å²) >= 11 is 3.41. The maximum Gasteiger partial charge on any atom is 0.273 e. The minimum absolute atomic E-state index is 0.340. The van der Waals surface area contributed by atoms with Gasteiger partial charge in [-0.2, -0.15) is 5.10 Å². The number of hydrogen-bond acceptors (Lipinski definition) is 4. The number of ether oxygens (including phenoxy) is 2. The first-order chi connectivity index (χ1) is 11.7. The van der Waals surface area contributed by atoms with Crippen LogP contribution in [-0.4, -0.2) is 25.8 Å². The first-order valence-corrected chi connectivity index (χ1v) is 8.28. The number of amides is 1. The van der Waals surface area contributed by atoms with Crippen LogP contribution >= 0.6 is 15.9 Å². The van der Waals surface area contributed by atoms with Crippen molar-refractivity contribution in [3.8, 4) is 5.75 Å². The quantitative estimate of drug-likeness (QED) is 0.579. The summed E-state index contributed by atoms with van der Waals surface area (Å²) in [4.78, 5) is 12.3. The Morgan fingerprint density at radius 2 is 2.04 bits per heavy atom. The van der Waals surface area contributed by atoms with E-state index in [1.165, 1.54) is 7.11 Å². The third-order valence-electron chi connectivity index (χ3n) is 3.23. The first-order valence-electron chi connectivity index (χ1n) is 7.48. The smallest absolute Gasteiger partial charge is 0.273 e. The molecular weight excluding hydrogens is 372 g/mol. The molecule has 2 rings (SSSR count). The molecule has 126 valence electrons. The number of nitrogens with one attached hydrogen (secondary N) is 1. The standard InChI is InChI=1S/C18H19BrN2O3/c1-3-24-16-10-9-15(19)11-14(16)12-20-21-18(22)17(23-2)13-7-5-4-6-8-13/h4-12,17H,3H2,1-2H3,(H,21,22)/t17-/m1/s1. The molecule has 24 heavy (non-hydrogen) atoms. The molecule has 0 saturated carbocycles. The second-order valence-corrected chi connectivity index (χ2v) is 5.79. The van der Waals surface area contributed by atoms with Crippen molar-refractivity contribution in [1.29, 1.82) is 0 Å². The van der Waals surface area contributed by atoms with Crippen molar-refractivity contribution in [2.24, 2.45) is 5.10 Å². The largest absolute Gasteiger partial charge is 0.493 e. The fraction of sp³-hybridized carbons (Fsp3) is 0.222. The Morgan fingerprint density at radius 3 is 2.71 bits per heavy atom. The SMILES string of the molecule is CCOc1ccc(Br)cc1C=NNC(=O)[C@H](OC)c1ccccc1. The summed E-state index contributed by atoms with van der Waals surface area (Å²) in [5.41, 5.74) is 4.04. The van der Waals surface area contributed by atoms with Crippen LogP contribution in [0, 0.1) is 0 Å². The van der Waals surface area contributed by atoms with E-state index in [-0.39, 0.29) is 5.91 Å². The lowest BCUT2D eigenvalue weighted by Crippen LogP contribution is -2.26. The van der Waals surface area contributed by atoms with Crippen molar-refractivity contribution >= 4 is 28.1 Å². The van der Waals surface area contributed by atoms with Crippen molar-refractivity contribution in [3.05, 3.63) is 64.1 Å². The second-order valence-electron chi connectivity index (χ2n) is 4.88. The molecule has 0 bridgehead atoms. The normalized spacial score (nSPS) is 12.1. The number of rotatable bonds is 7. The van der Waals surface area contributed by atoms with Crippen LogP contribution in [0.2, 0.25) is 0 Å². The fourth-order valence-electron chi connectivity index (χ4n) is 2.15. The number of halogens is 1. The highest BCUT2D eigenvalue weighted by Gasteiger charge is 2.19. The summed E-state index contributed by atoms with van der Waals surface area (Å²) < 4.78 is 11.7. The Morgan fingerprint density at radius 1 is 1.29 bits per heavy atom. The molecule has 1 N–H and O–H groups in total. The number of carbonyl (C=O) groups excluding carboxylic acids is 1. The summed E-state index contributed by atoms with van der Waals surface area (Å²) in [6.45, 7) is 2.46. The zero-order valence-corrected chi connectivity index (χ0v) is 15.1. The van der Waals surface area contributed by atoms with Gasteiger partial charge in [0.2, 0.25) is 0 Å². The van der Waals surface area contributed by atoms with E-state index in [1.54, 1.807) is 6.21 Å². The Balaban J connectivity index is 2.08. The molecule has 0 unspecified atom stereocenters. The molecular formula is C18H19BrN2O3. The molecule has 0 heterocycles. The molecule has 6 heteroatoms. The van der Waals surface area contributed by atoms with Gasteiger partial charge in [-0.1, -0.05) is 46.3 Å². The van der Waals surface area contributed by atoms with Crippen molar-refractivity contribution in [3.63, 3.8) is 0 Å². The Kier molecular flexibility index (Phi) is 6.96. The van der Waals surface area contributed by atoms with Gasteiger partial charge in [-0.3, -0.25) is 4.79 Å². The van der Waals surface area contributed by atoms with Gasteiger partial charge in [0.25, 0.3) is 5.91 Å². The Bertz CT molecular complexity index is 705. The van der Waals surface area contributed by atoms with Crippen LogP contribution in [0.15, 0.2) is 58.1 Å². The van der Waals surface area contributed by atoms with E-state index in [1.807, 2.05) is 55.5 Å². The summed E-state index contributed by atoms with van der Waals surface area (Å²) in [6, 6.07) is 14.9. The van der Waals surface area contributed by atoms with E-state index >= 15 is 0 Å². The van der Waals surface area contributed by atoms with Gasteiger partial charge in [0.1, 0.15) is 5.75 Å². The molecule has 0 radical (unpaired) electrons. The molecule has 0 aliphatic carbocycles. The summed E-state index contributed by atoms with van der Waals surface area (Å²) in [5.74, 6) is 0.359. The highest BCUT2D eigenvalue weighted by Crippen LogP contribution is 2.22. The van der Waals surface area contributed by atoms with Gasteiger partial charge in [0.15, 0.2) is 6.10 Å². The lowest BCUT2D eigenvalue weighted by Gasteiger charge is -2.13. The highest BCUT2D eigenvalue weighted by atomic mass is 79.9. The van der Waals surface area contributed by atoms with Crippen LogP contribution in [-0.2, 0) is 9.53 Å². The molecule has 1 atom stereocenters. The van der Waals surface area contributed by atoms with E-state index in [0.717, 1.165) is 15.6 Å². The number of methoxy groups -OCH3 is 1. The summed E-state index contributed by atoms with van der Waals surface area (Å²) in [6.07, 6.45) is 0.836. The second kappa shape index (κ2) is 9.20. The number of hydrogen-bond donors (Lipinski definition) is 1. The summed E-state index contributed by atoms with van der Waals surface area (Å²) in [7, 11) is 1.49. The molecule has 0 saturated heterocycles. The molecule has 0 spiro atoms. The maximum atomic E-state index is 12.3. The van der Waals surface area contributed by atoms with Crippen LogP contribution in [0.5, 0.6) is 5.75 Å². The molecule has 5 nitrogen and oxygen atoms in total. The average molecular weight is 391 g/mol. The molecule has 2 aromatic carbocycles. The molecule has 0 fully saturated rings. The molecule has 0 aromatic heterocycles. The van der Waals surface area contributed by atoms with Crippen LogP contribution in [0.4, 0.5) is 0 Å². The van der Waals surface area contributed by atoms with Gasteiger partial charge in [0.05, 0.1) is 12.8 Å². The first kappa shape index (κ1) is 18.2. The van der Waals surface area contributed by atoms with Crippen molar-refractivity contribution in [2.75, 3.05) is 13.7 Å². The average Bonchev–Trinajstić information content (AvgIpc) is 2.59.